The van der Waals surface area contributed by atoms with Crippen molar-refractivity contribution in [2.45, 2.75) is 17.8 Å². The highest BCUT2D eigenvalue weighted by Crippen LogP contribution is 2.17. The summed E-state index contributed by atoms with van der Waals surface area (Å²) < 4.78 is 0. The molecule has 0 amide bonds. The lowest BCUT2D eigenvalue weighted by molar-refractivity contribution is 0.948. The summed E-state index contributed by atoms with van der Waals surface area (Å²) in [6, 6.07) is 5.61. The SMILES string of the molecule is Cc1cnc(SCc2cccc(N)n2)nc1. The molecule has 0 atom stereocenters. The summed E-state index contributed by atoms with van der Waals surface area (Å²) in [6.45, 7) is 1.97. The van der Waals surface area contributed by atoms with Gasteiger partial charge < -0.3 is 5.73 Å². The highest BCUT2D eigenvalue weighted by Gasteiger charge is 2.00. The average Bonchev–Trinajstić information content (AvgIpc) is 2.28. The van der Waals surface area contributed by atoms with Gasteiger partial charge in [0.05, 0.1) is 5.69 Å². The maximum absolute atomic E-state index is 5.60. The van der Waals surface area contributed by atoms with E-state index >= 15 is 0 Å². The van der Waals surface area contributed by atoms with E-state index in [4.69, 9.17) is 5.73 Å². The van der Waals surface area contributed by atoms with Crippen LogP contribution in [0.5, 0.6) is 0 Å². The Morgan fingerprint density at radius 2 is 2.00 bits per heavy atom. The van der Waals surface area contributed by atoms with Crippen molar-refractivity contribution in [3.8, 4) is 0 Å². The Morgan fingerprint density at radius 3 is 2.69 bits per heavy atom. The molecule has 0 spiro atoms. The third kappa shape index (κ3) is 2.93. The van der Waals surface area contributed by atoms with Gasteiger partial charge >= 0.3 is 0 Å². The van der Waals surface area contributed by atoms with Crippen molar-refractivity contribution in [1.29, 1.82) is 0 Å². The van der Waals surface area contributed by atoms with Gasteiger partial charge in [-0.15, -0.1) is 0 Å². The number of hydrogen-bond donors (Lipinski definition) is 1. The number of nitrogens with two attached hydrogens (primary N) is 1. The zero-order valence-electron chi connectivity index (χ0n) is 8.92. The standard InChI is InChI=1S/C11H12N4S/c1-8-5-13-11(14-6-8)16-7-9-3-2-4-10(12)15-9/h2-6H,7H2,1H3,(H2,12,15). The third-order valence-corrected chi connectivity index (χ3v) is 2.84. The van der Waals surface area contributed by atoms with E-state index in [-0.39, 0.29) is 0 Å². The highest BCUT2D eigenvalue weighted by atomic mass is 32.2. The van der Waals surface area contributed by atoms with Crippen LogP contribution in [-0.2, 0) is 5.75 Å². The predicted octanol–water partition coefficient (Wildman–Crippen LogP) is 2.05. The lowest BCUT2D eigenvalue weighted by Crippen LogP contribution is -1.94. The summed E-state index contributed by atoms with van der Waals surface area (Å²) in [4.78, 5) is 12.6. The minimum Gasteiger partial charge on any atom is -0.384 e. The largest absolute Gasteiger partial charge is 0.384 e. The Hall–Kier alpha value is -1.62. The van der Waals surface area contributed by atoms with Gasteiger partial charge in [0.2, 0.25) is 0 Å². The van der Waals surface area contributed by atoms with Gasteiger partial charge in [-0.05, 0) is 24.6 Å². The van der Waals surface area contributed by atoms with Gasteiger partial charge in [-0.25, -0.2) is 15.0 Å². The number of nitrogens with zero attached hydrogens (tertiary/aromatic N) is 3. The summed E-state index contributed by atoms with van der Waals surface area (Å²) in [7, 11) is 0. The van der Waals surface area contributed by atoms with Crippen molar-refractivity contribution in [3.63, 3.8) is 0 Å². The molecule has 0 radical (unpaired) electrons. The summed E-state index contributed by atoms with van der Waals surface area (Å²) >= 11 is 1.55. The topological polar surface area (TPSA) is 64.7 Å². The van der Waals surface area contributed by atoms with E-state index in [0.29, 0.717) is 5.82 Å². The number of pyridine rings is 1. The molecule has 2 aromatic heterocycles. The van der Waals surface area contributed by atoms with Crippen LogP contribution in [0.25, 0.3) is 0 Å². The molecule has 0 aliphatic heterocycles. The van der Waals surface area contributed by atoms with Gasteiger partial charge in [0.25, 0.3) is 0 Å². The molecule has 4 nitrogen and oxygen atoms in total. The van der Waals surface area contributed by atoms with Gasteiger partial charge in [-0.1, -0.05) is 17.8 Å². The van der Waals surface area contributed by atoms with Crippen LogP contribution in [0.1, 0.15) is 11.3 Å². The second-order valence-electron chi connectivity index (χ2n) is 3.39. The summed E-state index contributed by atoms with van der Waals surface area (Å²) in [5.41, 5.74) is 7.60. The van der Waals surface area contributed by atoms with E-state index in [1.54, 1.807) is 17.8 Å². The van der Waals surface area contributed by atoms with Crippen LogP contribution in [0.2, 0.25) is 0 Å². The molecular weight excluding hydrogens is 220 g/mol. The quantitative estimate of drug-likeness (QED) is 0.648. The molecule has 0 bridgehead atoms. The first-order valence-corrected chi connectivity index (χ1v) is 5.85. The second kappa shape index (κ2) is 4.94. The minimum absolute atomic E-state index is 0.544. The van der Waals surface area contributed by atoms with Crippen LogP contribution in [-0.4, -0.2) is 15.0 Å². The molecule has 0 aromatic carbocycles. The summed E-state index contributed by atoms with van der Waals surface area (Å²) in [5, 5.41) is 0.759. The Morgan fingerprint density at radius 1 is 1.25 bits per heavy atom. The smallest absolute Gasteiger partial charge is 0.187 e. The van der Waals surface area contributed by atoms with Crippen molar-refractivity contribution in [3.05, 3.63) is 41.9 Å². The lowest BCUT2D eigenvalue weighted by atomic mass is 10.4. The van der Waals surface area contributed by atoms with E-state index < -0.39 is 0 Å². The number of rotatable bonds is 3. The third-order valence-electron chi connectivity index (χ3n) is 1.93. The van der Waals surface area contributed by atoms with Crippen molar-refractivity contribution in [2.75, 3.05) is 5.73 Å². The minimum atomic E-state index is 0.544. The first kappa shape index (κ1) is 10.9. The number of thioether (sulfide) groups is 1. The maximum Gasteiger partial charge on any atom is 0.187 e. The maximum atomic E-state index is 5.60. The van der Waals surface area contributed by atoms with Gasteiger partial charge in [-0.2, -0.15) is 0 Å². The van der Waals surface area contributed by atoms with E-state index in [2.05, 4.69) is 15.0 Å². The Balaban J connectivity index is 1.99. The molecule has 82 valence electrons. The van der Waals surface area contributed by atoms with Crippen LogP contribution in [0.4, 0.5) is 5.82 Å². The molecule has 5 heteroatoms. The molecule has 0 fully saturated rings. The zero-order valence-corrected chi connectivity index (χ0v) is 9.74. The number of nitrogen functional groups attached to an aromatic ring is 1. The summed E-state index contributed by atoms with van der Waals surface area (Å²) in [6.07, 6.45) is 3.62. The predicted molar refractivity (Wildman–Crippen MR) is 65.0 cm³/mol. The Kier molecular flexibility index (Phi) is 3.36. The monoisotopic (exact) mass is 232 g/mol. The van der Waals surface area contributed by atoms with E-state index in [0.717, 1.165) is 22.2 Å². The Bertz CT molecular complexity index is 470. The average molecular weight is 232 g/mol. The van der Waals surface area contributed by atoms with Crippen LogP contribution in [0.3, 0.4) is 0 Å². The highest BCUT2D eigenvalue weighted by molar-refractivity contribution is 7.98. The Labute approximate surface area is 98.3 Å². The lowest BCUT2D eigenvalue weighted by Gasteiger charge is -2.01. The van der Waals surface area contributed by atoms with Crippen molar-refractivity contribution in [2.24, 2.45) is 0 Å². The van der Waals surface area contributed by atoms with Crippen LogP contribution >= 0.6 is 11.8 Å². The van der Waals surface area contributed by atoms with Crippen molar-refractivity contribution < 1.29 is 0 Å². The fourth-order valence-corrected chi connectivity index (χ4v) is 1.86. The van der Waals surface area contributed by atoms with Crippen LogP contribution < -0.4 is 5.73 Å². The van der Waals surface area contributed by atoms with E-state index in [1.807, 2.05) is 31.5 Å². The molecule has 0 aliphatic carbocycles. The van der Waals surface area contributed by atoms with Crippen molar-refractivity contribution >= 4 is 17.6 Å². The molecule has 16 heavy (non-hydrogen) atoms. The molecule has 2 rings (SSSR count). The normalized spacial score (nSPS) is 10.3. The molecule has 0 saturated carbocycles. The number of aryl methyl sites for hydroxylation is 1. The molecule has 2 N–H and O–H groups in total. The van der Waals surface area contributed by atoms with E-state index in [1.165, 1.54) is 0 Å². The van der Waals surface area contributed by atoms with Gasteiger partial charge in [-0.3, -0.25) is 0 Å². The number of hydrogen-bond acceptors (Lipinski definition) is 5. The van der Waals surface area contributed by atoms with Gasteiger partial charge in [0.1, 0.15) is 5.82 Å². The van der Waals surface area contributed by atoms with Gasteiger partial charge in [0.15, 0.2) is 5.16 Å². The molecule has 2 heterocycles. The van der Waals surface area contributed by atoms with Crippen LogP contribution in [0.15, 0.2) is 35.7 Å². The first-order valence-electron chi connectivity index (χ1n) is 4.87. The van der Waals surface area contributed by atoms with Crippen molar-refractivity contribution in [1.82, 2.24) is 15.0 Å². The fourth-order valence-electron chi connectivity index (χ4n) is 1.17. The van der Waals surface area contributed by atoms with E-state index in [9.17, 15) is 0 Å². The first-order chi connectivity index (χ1) is 7.74. The molecule has 0 unspecified atom stereocenters. The summed E-state index contributed by atoms with van der Waals surface area (Å²) in [5.74, 6) is 1.27. The zero-order chi connectivity index (χ0) is 11.4. The second-order valence-corrected chi connectivity index (χ2v) is 4.33. The molecular formula is C11H12N4S. The molecule has 0 saturated heterocycles. The number of anilines is 1. The molecule has 0 aliphatic rings. The fraction of sp³-hybridized carbons (Fsp3) is 0.182. The van der Waals surface area contributed by atoms with Gasteiger partial charge in [0, 0.05) is 18.1 Å². The van der Waals surface area contributed by atoms with Crippen LogP contribution in [0, 0.1) is 6.92 Å². The molecule has 2 aromatic rings. The number of aromatic nitrogens is 3.